The molecule has 0 aliphatic carbocycles. The highest BCUT2D eigenvalue weighted by atomic mass is 15.1. The summed E-state index contributed by atoms with van der Waals surface area (Å²) >= 11 is 0. The van der Waals surface area contributed by atoms with Gasteiger partial charge in [-0.15, -0.1) is 0 Å². The van der Waals surface area contributed by atoms with Crippen LogP contribution in [0.15, 0.2) is 85.2 Å². The molecular weight excluding hydrogens is 418 g/mol. The minimum Gasteiger partial charge on any atom is -0.276 e. The molecular formula is C29H21N5. The van der Waals surface area contributed by atoms with Crippen molar-refractivity contribution in [1.82, 2.24) is 20.2 Å². The first-order valence-electron chi connectivity index (χ1n) is 11.2. The van der Waals surface area contributed by atoms with E-state index in [1.54, 1.807) is 0 Å². The van der Waals surface area contributed by atoms with E-state index >= 15 is 0 Å². The van der Waals surface area contributed by atoms with Crippen LogP contribution in [0.2, 0.25) is 0 Å². The third-order valence-electron chi connectivity index (χ3n) is 6.49. The van der Waals surface area contributed by atoms with Crippen LogP contribution in [0.1, 0.15) is 19.4 Å². The number of hydrogen-bond acceptors (Lipinski definition) is 4. The van der Waals surface area contributed by atoms with E-state index in [-0.39, 0.29) is 0 Å². The molecule has 0 radical (unpaired) electrons. The highest BCUT2D eigenvalue weighted by Crippen LogP contribution is 2.35. The molecule has 0 aliphatic rings. The van der Waals surface area contributed by atoms with Crippen molar-refractivity contribution < 1.29 is 0 Å². The number of rotatable bonds is 3. The van der Waals surface area contributed by atoms with Crippen LogP contribution in [-0.4, -0.2) is 20.2 Å². The van der Waals surface area contributed by atoms with Crippen molar-refractivity contribution in [3.8, 4) is 28.5 Å². The minimum absolute atomic E-state index is 0.535. The van der Waals surface area contributed by atoms with Gasteiger partial charge in [-0.3, -0.25) is 15.1 Å². The van der Waals surface area contributed by atoms with Gasteiger partial charge in [-0.25, -0.2) is 0 Å². The Morgan fingerprint density at radius 3 is 2.35 bits per heavy atom. The quantitative estimate of drug-likeness (QED) is 0.329. The molecule has 3 aromatic carbocycles. The van der Waals surface area contributed by atoms with Crippen molar-refractivity contribution in [1.29, 1.82) is 5.26 Å². The average molecular weight is 440 g/mol. The van der Waals surface area contributed by atoms with Gasteiger partial charge in [-0.05, 0) is 60.9 Å². The second-order valence-corrected chi connectivity index (χ2v) is 9.08. The third-order valence-corrected chi connectivity index (χ3v) is 6.49. The number of H-pyrrole nitrogens is 1. The van der Waals surface area contributed by atoms with E-state index in [9.17, 15) is 5.26 Å². The molecule has 162 valence electrons. The van der Waals surface area contributed by atoms with Gasteiger partial charge in [-0.2, -0.15) is 10.4 Å². The minimum atomic E-state index is -0.535. The molecule has 0 atom stereocenters. The molecule has 0 spiro atoms. The summed E-state index contributed by atoms with van der Waals surface area (Å²) < 4.78 is 0. The van der Waals surface area contributed by atoms with E-state index in [1.165, 1.54) is 0 Å². The SMILES string of the molecule is CC(C)(C#N)c1ccc(-c2n[nH]c3cnc4ccc(-c5ccc6ncccc6c5)cc4c23)cc1. The van der Waals surface area contributed by atoms with Crippen LogP contribution < -0.4 is 0 Å². The molecule has 6 rings (SSSR count). The fourth-order valence-corrected chi connectivity index (χ4v) is 4.46. The number of fused-ring (bicyclic) bond motifs is 4. The van der Waals surface area contributed by atoms with E-state index in [1.807, 2.05) is 56.6 Å². The summed E-state index contributed by atoms with van der Waals surface area (Å²) in [6, 6.07) is 27.2. The van der Waals surface area contributed by atoms with Crippen molar-refractivity contribution in [2.75, 3.05) is 0 Å². The van der Waals surface area contributed by atoms with E-state index in [4.69, 9.17) is 0 Å². The van der Waals surface area contributed by atoms with Crippen LogP contribution in [0.5, 0.6) is 0 Å². The number of aromatic amines is 1. The third kappa shape index (κ3) is 3.20. The van der Waals surface area contributed by atoms with E-state index in [2.05, 4.69) is 68.7 Å². The smallest absolute Gasteiger partial charge is 0.101 e. The molecule has 0 bridgehead atoms. The molecule has 1 N–H and O–H groups in total. The Hall–Kier alpha value is -4.56. The topological polar surface area (TPSA) is 78.2 Å². The van der Waals surface area contributed by atoms with Crippen LogP contribution in [0.3, 0.4) is 0 Å². The molecule has 5 heteroatoms. The van der Waals surface area contributed by atoms with Gasteiger partial charge in [-0.1, -0.05) is 42.5 Å². The van der Waals surface area contributed by atoms with Crippen LogP contribution in [0, 0.1) is 11.3 Å². The number of nitrogens with zero attached hydrogens (tertiary/aromatic N) is 4. The lowest BCUT2D eigenvalue weighted by Crippen LogP contribution is -2.13. The largest absolute Gasteiger partial charge is 0.276 e. The molecule has 0 aliphatic heterocycles. The Morgan fingerprint density at radius 1 is 0.824 bits per heavy atom. The summed E-state index contributed by atoms with van der Waals surface area (Å²) in [5, 5.41) is 20.4. The van der Waals surface area contributed by atoms with E-state index in [0.29, 0.717) is 0 Å². The standard InChI is InChI=1S/C29H21N5/c1-29(2,17-30)22-9-5-18(6-10-22)28-27-23-15-20(8-12-25(23)32-16-26(27)33-34-28)19-7-11-24-21(14-19)4-3-13-31-24/h3-16H,1-2H3,(H,33,34). The van der Waals surface area contributed by atoms with Crippen molar-refractivity contribution in [3.05, 3.63) is 90.8 Å². The predicted octanol–water partition coefficient (Wildman–Crippen LogP) is 6.79. The molecule has 0 saturated heterocycles. The van der Waals surface area contributed by atoms with Crippen molar-refractivity contribution >= 4 is 32.7 Å². The zero-order valence-corrected chi connectivity index (χ0v) is 18.9. The van der Waals surface area contributed by atoms with Gasteiger partial charge in [0.25, 0.3) is 0 Å². The summed E-state index contributed by atoms with van der Waals surface area (Å²) in [7, 11) is 0. The van der Waals surface area contributed by atoms with Crippen LogP contribution in [-0.2, 0) is 5.41 Å². The lowest BCUT2D eigenvalue weighted by molar-refractivity contribution is 0.687. The summed E-state index contributed by atoms with van der Waals surface area (Å²) in [5.41, 5.74) is 7.37. The summed E-state index contributed by atoms with van der Waals surface area (Å²) in [4.78, 5) is 9.07. The second-order valence-electron chi connectivity index (χ2n) is 9.08. The molecule has 5 nitrogen and oxygen atoms in total. The van der Waals surface area contributed by atoms with Gasteiger partial charge in [0, 0.05) is 27.9 Å². The highest BCUT2D eigenvalue weighted by molar-refractivity contribution is 6.11. The first-order valence-corrected chi connectivity index (χ1v) is 11.2. The zero-order chi connectivity index (χ0) is 23.3. The van der Waals surface area contributed by atoms with Crippen molar-refractivity contribution in [3.63, 3.8) is 0 Å². The number of nitriles is 1. The maximum atomic E-state index is 9.46. The predicted molar refractivity (Wildman–Crippen MR) is 136 cm³/mol. The molecule has 34 heavy (non-hydrogen) atoms. The van der Waals surface area contributed by atoms with Gasteiger partial charge >= 0.3 is 0 Å². The Balaban J connectivity index is 1.52. The normalized spacial score (nSPS) is 11.8. The first-order chi connectivity index (χ1) is 16.5. The molecule has 3 heterocycles. The Labute approximate surface area is 196 Å². The molecule has 0 saturated carbocycles. The average Bonchev–Trinajstić information content (AvgIpc) is 3.33. The van der Waals surface area contributed by atoms with E-state index in [0.717, 1.165) is 60.7 Å². The maximum absolute atomic E-state index is 9.46. The Bertz CT molecular complexity index is 1740. The molecule has 0 amide bonds. The lowest BCUT2D eigenvalue weighted by Gasteiger charge is -2.15. The van der Waals surface area contributed by atoms with Gasteiger partial charge in [0.05, 0.1) is 34.2 Å². The van der Waals surface area contributed by atoms with Crippen LogP contribution >= 0.6 is 0 Å². The number of hydrogen-bond donors (Lipinski definition) is 1. The van der Waals surface area contributed by atoms with E-state index < -0.39 is 5.41 Å². The molecule has 6 aromatic rings. The zero-order valence-electron chi connectivity index (χ0n) is 18.9. The number of nitrogens with one attached hydrogen (secondary N) is 1. The maximum Gasteiger partial charge on any atom is 0.101 e. The van der Waals surface area contributed by atoms with Crippen LogP contribution in [0.4, 0.5) is 0 Å². The molecule has 3 aromatic heterocycles. The van der Waals surface area contributed by atoms with Crippen LogP contribution in [0.25, 0.3) is 55.1 Å². The van der Waals surface area contributed by atoms with Gasteiger partial charge in [0.1, 0.15) is 5.69 Å². The number of aromatic nitrogens is 4. The van der Waals surface area contributed by atoms with Gasteiger partial charge < -0.3 is 0 Å². The summed E-state index contributed by atoms with van der Waals surface area (Å²) in [6.45, 7) is 3.85. The van der Waals surface area contributed by atoms with Gasteiger partial charge in [0.2, 0.25) is 0 Å². The lowest BCUT2D eigenvalue weighted by atomic mass is 9.86. The van der Waals surface area contributed by atoms with Crippen molar-refractivity contribution in [2.45, 2.75) is 19.3 Å². The fourth-order valence-electron chi connectivity index (χ4n) is 4.46. The first kappa shape index (κ1) is 20.1. The fraction of sp³-hybridized carbons (Fsp3) is 0.103. The second kappa shape index (κ2) is 7.50. The number of benzene rings is 3. The monoisotopic (exact) mass is 439 g/mol. The Morgan fingerprint density at radius 2 is 1.56 bits per heavy atom. The summed E-state index contributed by atoms with van der Waals surface area (Å²) in [6.07, 6.45) is 3.65. The molecule has 0 fully saturated rings. The van der Waals surface area contributed by atoms with Gasteiger partial charge in [0.15, 0.2) is 0 Å². The highest BCUT2D eigenvalue weighted by Gasteiger charge is 2.20. The number of pyridine rings is 2. The summed E-state index contributed by atoms with van der Waals surface area (Å²) in [5.74, 6) is 0. The Kier molecular flexibility index (Phi) is 4.43. The molecule has 0 unspecified atom stereocenters. The van der Waals surface area contributed by atoms with Crippen molar-refractivity contribution in [2.24, 2.45) is 0 Å².